The largest absolute Gasteiger partial charge is 0.269 e. The van der Waals surface area contributed by atoms with Gasteiger partial charge in [0.2, 0.25) is 0 Å². The lowest BCUT2D eigenvalue weighted by Crippen LogP contribution is -2.20. The third-order valence-electron chi connectivity index (χ3n) is 3.47. The first-order valence-electron chi connectivity index (χ1n) is 6.01. The van der Waals surface area contributed by atoms with E-state index in [1.807, 2.05) is 4.40 Å². The summed E-state index contributed by atoms with van der Waals surface area (Å²) < 4.78 is 1.81. The topological polar surface area (TPSA) is 30.2 Å². The Bertz CT molecular complexity index is 581. The SMILES string of the molecule is Clc1nc(C2CCCCC2Cl)n2c(Cl)ccnc12. The predicted molar refractivity (Wildman–Crippen MR) is 73.9 cm³/mol. The fourth-order valence-corrected chi connectivity index (χ4v) is 3.43. The van der Waals surface area contributed by atoms with Gasteiger partial charge in [-0.25, -0.2) is 9.97 Å². The third kappa shape index (κ3) is 1.98. The lowest BCUT2D eigenvalue weighted by atomic mass is 9.88. The van der Waals surface area contributed by atoms with Gasteiger partial charge in [-0.2, -0.15) is 0 Å². The lowest BCUT2D eigenvalue weighted by molar-refractivity contribution is 0.434. The first-order valence-corrected chi connectivity index (χ1v) is 7.20. The van der Waals surface area contributed by atoms with Gasteiger partial charge in [0.05, 0.1) is 0 Å². The van der Waals surface area contributed by atoms with Crippen molar-refractivity contribution in [2.24, 2.45) is 0 Å². The van der Waals surface area contributed by atoms with Crippen LogP contribution in [0.15, 0.2) is 12.3 Å². The Labute approximate surface area is 120 Å². The molecule has 0 spiro atoms. The smallest absolute Gasteiger partial charge is 0.177 e. The zero-order chi connectivity index (χ0) is 12.7. The van der Waals surface area contributed by atoms with Crippen molar-refractivity contribution < 1.29 is 0 Å². The lowest BCUT2D eigenvalue weighted by Gasteiger charge is -2.26. The molecule has 0 N–H and O–H groups in total. The van der Waals surface area contributed by atoms with Crippen molar-refractivity contribution in [2.45, 2.75) is 37.0 Å². The summed E-state index contributed by atoms with van der Waals surface area (Å²) in [6.45, 7) is 0. The molecular weight excluding hydrogens is 293 g/mol. The molecule has 1 fully saturated rings. The molecular formula is C12H12Cl3N3. The van der Waals surface area contributed by atoms with Gasteiger partial charge in [0, 0.05) is 17.5 Å². The normalized spacial score (nSPS) is 24.6. The Morgan fingerprint density at radius 3 is 2.78 bits per heavy atom. The average molecular weight is 305 g/mol. The molecule has 3 rings (SSSR count). The van der Waals surface area contributed by atoms with Crippen LogP contribution in [0.4, 0.5) is 0 Å². The van der Waals surface area contributed by atoms with E-state index in [0.717, 1.165) is 25.1 Å². The van der Waals surface area contributed by atoms with Crippen LogP contribution in [0.2, 0.25) is 10.3 Å². The molecule has 2 aromatic heterocycles. The van der Waals surface area contributed by atoms with E-state index >= 15 is 0 Å². The van der Waals surface area contributed by atoms with Crippen LogP contribution in [-0.4, -0.2) is 19.7 Å². The molecule has 0 aliphatic heterocycles. The molecule has 2 aromatic rings. The molecule has 96 valence electrons. The summed E-state index contributed by atoms with van der Waals surface area (Å²) in [7, 11) is 0. The molecule has 0 bridgehead atoms. The summed E-state index contributed by atoms with van der Waals surface area (Å²) in [4.78, 5) is 8.64. The van der Waals surface area contributed by atoms with Crippen LogP contribution >= 0.6 is 34.8 Å². The number of hydrogen-bond donors (Lipinski definition) is 0. The molecule has 3 nitrogen and oxygen atoms in total. The van der Waals surface area contributed by atoms with Gasteiger partial charge in [-0.05, 0) is 18.9 Å². The molecule has 6 heteroatoms. The van der Waals surface area contributed by atoms with Crippen LogP contribution in [-0.2, 0) is 0 Å². The van der Waals surface area contributed by atoms with Crippen molar-refractivity contribution in [3.63, 3.8) is 0 Å². The van der Waals surface area contributed by atoms with E-state index in [0.29, 0.717) is 16.0 Å². The van der Waals surface area contributed by atoms with Crippen molar-refractivity contribution in [2.75, 3.05) is 0 Å². The van der Waals surface area contributed by atoms with Gasteiger partial charge in [0.25, 0.3) is 0 Å². The molecule has 0 saturated heterocycles. The fourth-order valence-electron chi connectivity index (χ4n) is 2.59. The Morgan fingerprint density at radius 2 is 2.00 bits per heavy atom. The summed E-state index contributed by atoms with van der Waals surface area (Å²) >= 11 is 18.8. The minimum atomic E-state index is 0.0942. The highest BCUT2D eigenvalue weighted by Crippen LogP contribution is 2.37. The second-order valence-electron chi connectivity index (χ2n) is 4.59. The van der Waals surface area contributed by atoms with E-state index < -0.39 is 0 Å². The second-order valence-corrected chi connectivity index (χ2v) is 5.90. The average Bonchev–Trinajstić information content (AvgIpc) is 2.69. The van der Waals surface area contributed by atoms with Crippen LogP contribution < -0.4 is 0 Å². The predicted octanol–water partition coefficient (Wildman–Crippen LogP) is 4.30. The molecule has 1 saturated carbocycles. The van der Waals surface area contributed by atoms with Gasteiger partial charge in [-0.3, -0.25) is 4.40 Å². The number of fused-ring (bicyclic) bond motifs is 1. The number of nitrogens with zero attached hydrogens (tertiary/aromatic N) is 3. The van der Waals surface area contributed by atoms with E-state index in [9.17, 15) is 0 Å². The van der Waals surface area contributed by atoms with Crippen molar-refractivity contribution >= 4 is 40.4 Å². The summed E-state index contributed by atoms with van der Waals surface area (Å²) in [5.74, 6) is 1.04. The minimum Gasteiger partial charge on any atom is -0.269 e. The number of halogens is 3. The molecule has 1 aliphatic rings. The number of aromatic nitrogens is 3. The van der Waals surface area contributed by atoms with E-state index in [1.165, 1.54) is 6.42 Å². The minimum absolute atomic E-state index is 0.0942. The summed E-state index contributed by atoms with van der Waals surface area (Å²) in [5, 5.41) is 1.06. The summed E-state index contributed by atoms with van der Waals surface area (Å²) in [6.07, 6.45) is 6.01. The molecule has 2 atom stereocenters. The van der Waals surface area contributed by atoms with Crippen LogP contribution in [0.5, 0.6) is 0 Å². The van der Waals surface area contributed by atoms with Crippen LogP contribution in [0.1, 0.15) is 37.4 Å². The molecule has 0 amide bonds. The van der Waals surface area contributed by atoms with Crippen LogP contribution in [0.3, 0.4) is 0 Å². The maximum absolute atomic E-state index is 6.42. The first-order chi connectivity index (χ1) is 8.68. The standard InChI is InChI=1S/C12H12Cl3N3/c13-8-4-2-1-3-7(8)11-17-10(15)12-16-6-5-9(14)18(11)12/h5-8H,1-4H2. The third-order valence-corrected chi connectivity index (χ3v) is 4.54. The van der Waals surface area contributed by atoms with Crippen molar-refractivity contribution in [3.05, 3.63) is 28.4 Å². The van der Waals surface area contributed by atoms with Gasteiger partial charge >= 0.3 is 0 Å². The molecule has 0 radical (unpaired) electrons. The Balaban J connectivity index is 2.16. The monoisotopic (exact) mass is 303 g/mol. The van der Waals surface area contributed by atoms with Gasteiger partial charge in [-0.15, -0.1) is 11.6 Å². The molecule has 2 unspecified atom stereocenters. The number of rotatable bonds is 1. The van der Waals surface area contributed by atoms with Crippen molar-refractivity contribution in [1.82, 2.24) is 14.4 Å². The maximum atomic E-state index is 6.42. The molecule has 18 heavy (non-hydrogen) atoms. The van der Waals surface area contributed by atoms with E-state index in [-0.39, 0.29) is 11.3 Å². The highest BCUT2D eigenvalue weighted by Gasteiger charge is 2.29. The van der Waals surface area contributed by atoms with Crippen molar-refractivity contribution in [3.8, 4) is 0 Å². The molecule has 2 heterocycles. The fraction of sp³-hybridized carbons (Fsp3) is 0.500. The van der Waals surface area contributed by atoms with E-state index in [4.69, 9.17) is 34.8 Å². The molecule has 1 aliphatic carbocycles. The highest BCUT2D eigenvalue weighted by molar-refractivity contribution is 6.33. The molecule has 0 aromatic carbocycles. The quantitative estimate of drug-likeness (QED) is 0.581. The van der Waals surface area contributed by atoms with Crippen LogP contribution in [0, 0.1) is 0 Å². The van der Waals surface area contributed by atoms with Gasteiger partial charge in [-0.1, -0.05) is 36.0 Å². The van der Waals surface area contributed by atoms with Crippen molar-refractivity contribution in [1.29, 1.82) is 0 Å². The van der Waals surface area contributed by atoms with Gasteiger partial charge < -0.3 is 0 Å². The van der Waals surface area contributed by atoms with E-state index in [2.05, 4.69) is 9.97 Å². The maximum Gasteiger partial charge on any atom is 0.177 e. The van der Waals surface area contributed by atoms with Crippen LogP contribution in [0.25, 0.3) is 5.65 Å². The highest BCUT2D eigenvalue weighted by atomic mass is 35.5. The number of imidazole rings is 1. The number of hydrogen-bond acceptors (Lipinski definition) is 2. The zero-order valence-electron chi connectivity index (χ0n) is 9.61. The summed E-state index contributed by atoms with van der Waals surface area (Å²) in [6, 6.07) is 1.74. The Hall–Kier alpha value is -0.510. The zero-order valence-corrected chi connectivity index (χ0v) is 11.9. The summed E-state index contributed by atoms with van der Waals surface area (Å²) in [5.41, 5.74) is 0.605. The Kier molecular flexibility index (Phi) is 3.39. The Morgan fingerprint density at radius 1 is 1.22 bits per heavy atom. The van der Waals surface area contributed by atoms with Gasteiger partial charge in [0.15, 0.2) is 10.8 Å². The first kappa shape index (κ1) is 12.5. The van der Waals surface area contributed by atoms with E-state index in [1.54, 1.807) is 12.3 Å². The second kappa shape index (κ2) is 4.87. The van der Waals surface area contributed by atoms with Gasteiger partial charge in [0.1, 0.15) is 11.0 Å². The number of alkyl halides is 1.